The highest BCUT2D eigenvalue weighted by Crippen LogP contribution is 2.40. The summed E-state index contributed by atoms with van der Waals surface area (Å²) in [7, 11) is 0. The third-order valence-electron chi connectivity index (χ3n) is 5.41. The van der Waals surface area contributed by atoms with Crippen LogP contribution in [0.1, 0.15) is 51.3 Å². The van der Waals surface area contributed by atoms with Gasteiger partial charge < -0.3 is 14.2 Å². The van der Waals surface area contributed by atoms with Crippen LogP contribution in [0.15, 0.2) is 78.9 Å². The van der Waals surface area contributed by atoms with Crippen LogP contribution >= 0.6 is 0 Å². The Balaban J connectivity index is 1.73. The zero-order chi connectivity index (χ0) is 21.4. The zero-order valence-electron chi connectivity index (χ0n) is 18.4. The Labute approximate surface area is 180 Å². The molecule has 0 amide bonds. The normalized spacial score (nSPS) is 12.4. The minimum Gasteiger partial charge on any atom is -0.494 e. The summed E-state index contributed by atoms with van der Waals surface area (Å²) in [6, 6.07) is 26.2. The van der Waals surface area contributed by atoms with Crippen LogP contribution in [-0.4, -0.2) is 6.61 Å². The second-order valence-corrected chi connectivity index (χ2v) is 8.10. The first kappa shape index (κ1) is 21.9. The molecule has 0 spiro atoms. The van der Waals surface area contributed by atoms with Crippen LogP contribution in [0.4, 0.5) is 0 Å². The van der Waals surface area contributed by atoms with E-state index >= 15 is 0 Å². The predicted molar refractivity (Wildman–Crippen MR) is 122 cm³/mol. The molecule has 3 nitrogen and oxygen atoms in total. The Bertz CT molecular complexity index is 901. The van der Waals surface area contributed by atoms with Crippen molar-refractivity contribution in [3.05, 3.63) is 90.0 Å². The van der Waals surface area contributed by atoms with E-state index in [2.05, 4.69) is 39.0 Å². The molecular formula is C27H32O3. The smallest absolute Gasteiger partial charge is 0.127 e. The molecule has 0 saturated carbocycles. The van der Waals surface area contributed by atoms with Gasteiger partial charge in [0.25, 0.3) is 0 Å². The summed E-state index contributed by atoms with van der Waals surface area (Å²) in [5, 5.41) is 0. The quantitative estimate of drug-likeness (QED) is 0.349. The van der Waals surface area contributed by atoms with Crippen LogP contribution in [0.5, 0.6) is 17.2 Å². The average Bonchev–Trinajstić information content (AvgIpc) is 2.76. The zero-order valence-corrected chi connectivity index (χ0v) is 18.4. The van der Waals surface area contributed by atoms with E-state index in [0.29, 0.717) is 13.2 Å². The van der Waals surface area contributed by atoms with E-state index in [1.165, 1.54) is 5.56 Å². The molecule has 0 fully saturated rings. The molecule has 1 unspecified atom stereocenters. The minimum atomic E-state index is -0.0168. The monoisotopic (exact) mass is 404 g/mol. The molecule has 3 rings (SSSR count). The Morgan fingerprint density at radius 1 is 0.767 bits per heavy atom. The molecule has 158 valence electrons. The molecule has 3 heteroatoms. The molecule has 0 aliphatic rings. The SMILES string of the molecule is CCOc1ccc(C(OCc2cccc(Oc3ccccc3)c2)C(C)(C)CC)cc1. The Hall–Kier alpha value is -2.78. The lowest BCUT2D eigenvalue weighted by Crippen LogP contribution is -2.24. The minimum absolute atomic E-state index is 0.00524. The number of para-hydroxylation sites is 1. The summed E-state index contributed by atoms with van der Waals surface area (Å²) in [4.78, 5) is 0. The number of rotatable bonds is 10. The van der Waals surface area contributed by atoms with Gasteiger partial charge in [0.2, 0.25) is 0 Å². The van der Waals surface area contributed by atoms with Crippen LogP contribution in [0, 0.1) is 5.41 Å². The van der Waals surface area contributed by atoms with Crippen molar-refractivity contribution in [2.24, 2.45) is 5.41 Å². The van der Waals surface area contributed by atoms with E-state index in [-0.39, 0.29) is 11.5 Å². The molecule has 0 bridgehead atoms. The first-order valence-electron chi connectivity index (χ1n) is 10.7. The maximum atomic E-state index is 6.48. The van der Waals surface area contributed by atoms with Crippen LogP contribution in [0.3, 0.4) is 0 Å². The molecule has 0 aromatic heterocycles. The fourth-order valence-electron chi connectivity index (χ4n) is 3.37. The standard InChI is InChI=1S/C27H32O3/c1-5-27(3,4)26(22-15-17-23(18-16-22)28-6-2)29-20-21-11-10-14-25(19-21)30-24-12-8-7-9-13-24/h7-19,26H,5-6,20H2,1-4H3. The van der Waals surface area contributed by atoms with Gasteiger partial charge in [-0.2, -0.15) is 0 Å². The molecule has 30 heavy (non-hydrogen) atoms. The van der Waals surface area contributed by atoms with Gasteiger partial charge in [0, 0.05) is 0 Å². The van der Waals surface area contributed by atoms with Crippen molar-refractivity contribution in [3.8, 4) is 17.2 Å². The second kappa shape index (κ2) is 10.3. The number of hydrogen-bond donors (Lipinski definition) is 0. The van der Waals surface area contributed by atoms with Crippen molar-refractivity contribution >= 4 is 0 Å². The lowest BCUT2D eigenvalue weighted by Gasteiger charge is -2.34. The Morgan fingerprint density at radius 2 is 1.47 bits per heavy atom. The van der Waals surface area contributed by atoms with Crippen molar-refractivity contribution in [1.82, 2.24) is 0 Å². The predicted octanol–water partition coefficient (Wildman–Crippen LogP) is 7.57. The molecular weight excluding hydrogens is 372 g/mol. The molecule has 0 aliphatic carbocycles. The maximum Gasteiger partial charge on any atom is 0.127 e. The van der Waals surface area contributed by atoms with Crippen molar-refractivity contribution in [2.45, 2.75) is 46.8 Å². The van der Waals surface area contributed by atoms with Crippen LogP contribution in [0.25, 0.3) is 0 Å². The maximum absolute atomic E-state index is 6.48. The molecule has 0 saturated heterocycles. The summed E-state index contributed by atoms with van der Waals surface area (Å²) < 4.78 is 18.0. The third-order valence-corrected chi connectivity index (χ3v) is 5.41. The van der Waals surface area contributed by atoms with Gasteiger partial charge in [-0.25, -0.2) is 0 Å². The van der Waals surface area contributed by atoms with Crippen molar-refractivity contribution < 1.29 is 14.2 Å². The van der Waals surface area contributed by atoms with Gasteiger partial charge in [-0.15, -0.1) is 0 Å². The molecule has 0 heterocycles. The third kappa shape index (κ3) is 5.87. The van der Waals surface area contributed by atoms with Crippen LogP contribution in [-0.2, 0) is 11.3 Å². The number of benzene rings is 3. The van der Waals surface area contributed by atoms with Crippen molar-refractivity contribution in [1.29, 1.82) is 0 Å². The van der Waals surface area contributed by atoms with Gasteiger partial charge in [-0.05, 0) is 66.3 Å². The van der Waals surface area contributed by atoms with Crippen LogP contribution in [0.2, 0.25) is 0 Å². The van der Waals surface area contributed by atoms with Gasteiger partial charge in [0.15, 0.2) is 0 Å². The first-order chi connectivity index (χ1) is 14.5. The summed E-state index contributed by atoms with van der Waals surface area (Å²) in [6.45, 7) is 9.90. The average molecular weight is 405 g/mol. The summed E-state index contributed by atoms with van der Waals surface area (Å²) in [5.74, 6) is 2.53. The molecule has 0 radical (unpaired) electrons. The summed E-state index contributed by atoms with van der Waals surface area (Å²) in [5.41, 5.74) is 2.26. The van der Waals surface area contributed by atoms with Crippen molar-refractivity contribution in [3.63, 3.8) is 0 Å². The van der Waals surface area contributed by atoms with E-state index < -0.39 is 0 Å². The Morgan fingerprint density at radius 3 is 2.13 bits per heavy atom. The molecule has 1 atom stereocenters. The van der Waals surface area contributed by atoms with Gasteiger partial charge in [-0.3, -0.25) is 0 Å². The van der Waals surface area contributed by atoms with E-state index in [1.54, 1.807) is 0 Å². The van der Waals surface area contributed by atoms with E-state index in [0.717, 1.165) is 29.2 Å². The van der Waals surface area contributed by atoms with Crippen LogP contribution < -0.4 is 9.47 Å². The van der Waals surface area contributed by atoms with E-state index in [4.69, 9.17) is 14.2 Å². The van der Waals surface area contributed by atoms with Gasteiger partial charge in [-0.1, -0.05) is 63.2 Å². The summed E-state index contributed by atoms with van der Waals surface area (Å²) >= 11 is 0. The second-order valence-electron chi connectivity index (χ2n) is 8.10. The van der Waals surface area contributed by atoms with Gasteiger partial charge in [0.05, 0.1) is 19.3 Å². The fraction of sp³-hybridized carbons (Fsp3) is 0.333. The Kier molecular flexibility index (Phi) is 7.53. The summed E-state index contributed by atoms with van der Waals surface area (Å²) in [6.07, 6.45) is 0.999. The van der Waals surface area contributed by atoms with Gasteiger partial charge >= 0.3 is 0 Å². The highest BCUT2D eigenvalue weighted by Gasteiger charge is 2.30. The molecule has 0 N–H and O–H groups in total. The largest absolute Gasteiger partial charge is 0.494 e. The molecule has 3 aromatic rings. The number of ether oxygens (including phenoxy) is 3. The van der Waals surface area contributed by atoms with Gasteiger partial charge in [0.1, 0.15) is 17.2 Å². The first-order valence-corrected chi connectivity index (χ1v) is 10.7. The molecule has 0 aliphatic heterocycles. The number of hydrogen-bond acceptors (Lipinski definition) is 3. The highest BCUT2D eigenvalue weighted by molar-refractivity contribution is 5.34. The molecule has 3 aromatic carbocycles. The van der Waals surface area contributed by atoms with E-state index in [1.807, 2.05) is 67.6 Å². The lowest BCUT2D eigenvalue weighted by molar-refractivity contribution is -0.0400. The fourth-order valence-corrected chi connectivity index (χ4v) is 3.37. The van der Waals surface area contributed by atoms with Crippen molar-refractivity contribution in [2.75, 3.05) is 6.61 Å². The lowest BCUT2D eigenvalue weighted by atomic mass is 9.80. The topological polar surface area (TPSA) is 27.7 Å². The van der Waals surface area contributed by atoms with E-state index in [9.17, 15) is 0 Å². The highest BCUT2D eigenvalue weighted by atomic mass is 16.5.